The number of carbonyl (C=O) groups excluding carboxylic acids is 2. The average molecular weight is 424 g/mol. The van der Waals surface area contributed by atoms with Gasteiger partial charge in [-0.15, -0.1) is 0 Å². The van der Waals surface area contributed by atoms with Gasteiger partial charge in [-0.25, -0.2) is 4.79 Å². The van der Waals surface area contributed by atoms with E-state index in [0.29, 0.717) is 19.4 Å². The van der Waals surface area contributed by atoms with Crippen molar-refractivity contribution in [3.05, 3.63) is 71.3 Å². The molecule has 0 bridgehead atoms. The molecule has 1 aliphatic rings. The number of ether oxygens (including phenoxy) is 1. The Bertz CT molecular complexity index is 833. The first-order valence-corrected chi connectivity index (χ1v) is 11.1. The highest BCUT2D eigenvalue weighted by Gasteiger charge is 2.20. The number of nitrogens with zero attached hydrogens (tertiary/aromatic N) is 1. The third kappa shape index (κ3) is 8.06. The van der Waals surface area contributed by atoms with Crippen molar-refractivity contribution in [2.24, 2.45) is 0 Å². The molecule has 1 fully saturated rings. The third-order valence-corrected chi connectivity index (χ3v) is 5.67. The number of hydrogen-bond acceptors (Lipinski definition) is 4. The standard InChI is InChI=1S/C25H33N3O3/c1-20-8-5-6-11-22(20)18-28-16-13-23(14-17-28)27-24(29)12-7-15-26-25(30)31-19-21-9-3-2-4-10-21/h2-6,8-11,23H,7,12-19H2,1H3,(H,26,30)(H,27,29). The second-order valence-corrected chi connectivity index (χ2v) is 8.14. The van der Waals surface area contributed by atoms with Crippen LogP contribution in [0.15, 0.2) is 54.6 Å². The maximum atomic E-state index is 12.2. The van der Waals surface area contributed by atoms with E-state index in [1.807, 2.05) is 30.3 Å². The zero-order valence-corrected chi connectivity index (χ0v) is 18.3. The normalized spacial score (nSPS) is 14.7. The van der Waals surface area contributed by atoms with E-state index < -0.39 is 6.09 Å². The van der Waals surface area contributed by atoms with E-state index in [4.69, 9.17) is 4.74 Å². The lowest BCUT2D eigenvalue weighted by Crippen LogP contribution is -2.44. The van der Waals surface area contributed by atoms with Gasteiger partial charge in [0, 0.05) is 38.6 Å². The summed E-state index contributed by atoms with van der Waals surface area (Å²) >= 11 is 0. The number of carbonyl (C=O) groups is 2. The lowest BCUT2D eigenvalue weighted by Gasteiger charge is -2.32. The molecule has 0 radical (unpaired) electrons. The van der Waals surface area contributed by atoms with E-state index in [2.05, 4.69) is 46.7 Å². The van der Waals surface area contributed by atoms with Gasteiger partial charge in [0.1, 0.15) is 6.61 Å². The third-order valence-electron chi connectivity index (χ3n) is 5.67. The zero-order chi connectivity index (χ0) is 21.9. The first-order valence-electron chi connectivity index (χ1n) is 11.1. The summed E-state index contributed by atoms with van der Waals surface area (Å²) in [7, 11) is 0. The van der Waals surface area contributed by atoms with Crippen LogP contribution in [0.2, 0.25) is 0 Å². The molecule has 0 saturated carbocycles. The Morgan fingerprint density at radius 1 is 1.03 bits per heavy atom. The number of rotatable bonds is 9. The van der Waals surface area contributed by atoms with Crippen molar-refractivity contribution in [2.75, 3.05) is 19.6 Å². The van der Waals surface area contributed by atoms with Crippen molar-refractivity contribution in [1.29, 1.82) is 0 Å². The molecule has 3 rings (SSSR count). The molecule has 0 atom stereocenters. The van der Waals surface area contributed by atoms with Gasteiger partial charge in [-0.3, -0.25) is 9.69 Å². The highest BCUT2D eigenvalue weighted by molar-refractivity contribution is 5.76. The minimum atomic E-state index is -0.453. The van der Waals surface area contributed by atoms with Crippen molar-refractivity contribution in [3.8, 4) is 0 Å². The molecule has 1 heterocycles. The second-order valence-electron chi connectivity index (χ2n) is 8.14. The van der Waals surface area contributed by atoms with Crippen LogP contribution >= 0.6 is 0 Å². The number of alkyl carbamates (subject to hydrolysis) is 1. The van der Waals surface area contributed by atoms with Crippen LogP contribution < -0.4 is 10.6 Å². The predicted octanol–water partition coefficient (Wildman–Crippen LogP) is 3.78. The van der Waals surface area contributed by atoms with Crippen LogP contribution in [0.1, 0.15) is 42.4 Å². The molecule has 31 heavy (non-hydrogen) atoms. The Labute approximate surface area is 185 Å². The summed E-state index contributed by atoms with van der Waals surface area (Å²) in [6, 6.07) is 18.3. The highest BCUT2D eigenvalue weighted by Crippen LogP contribution is 2.16. The van der Waals surface area contributed by atoms with E-state index >= 15 is 0 Å². The fourth-order valence-corrected chi connectivity index (χ4v) is 3.78. The number of nitrogens with one attached hydrogen (secondary N) is 2. The molecule has 2 aromatic carbocycles. The molecule has 0 unspecified atom stereocenters. The second kappa shape index (κ2) is 12.1. The lowest BCUT2D eigenvalue weighted by molar-refractivity contribution is -0.122. The van der Waals surface area contributed by atoms with Gasteiger partial charge in [0.05, 0.1) is 0 Å². The van der Waals surface area contributed by atoms with Gasteiger partial charge in [-0.05, 0) is 42.9 Å². The number of likely N-dealkylation sites (tertiary alicyclic amines) is 1. The molecular formula is C25H33N3O3. The van der Waals surface area contributed by atoms with E-state index in [1.54, 1.807) is 0 Å². The molecule has 2 N–H and O–H groups in total. The van der Waals surface area contributed by atoms with Crippen LogP contribution in [-0.2, 0) is 22.7 Å². The molecular weight excluding hydrogens is 390 g/mol. The van der Waals surface area contributed by atoms with Gasteiger partial charge >= 0.3 is 6.09 Å². The van der Waals surface area contributed by atoms with Crippen LogP contribution in [0.4, 0.5) is 4.79 Å². The smallest absolute Gasteiger partial charge is 0.407 e. The lowest BCUT2D eigenvalue weighted by atomic mass is 10.0. The van der Waals surface area contributed by atoms with Crippen LogP contribution in [0, 0.1) is 6.92 Å². The summed E-state index contributed by atoms with van der Waals surface area (Å²) in [4.78, 5) is 26.4. The van der Waals surface area contributed by atoms with Crippen LogP contribution in [-0.4, -0.2) is 42.6 Å². The zero-order valence-electron chi connectivity index (χ0n) is 18.3. The number of benzene rings is 2. The topological polar surface area (TPSA) is 70.7 Å². The van der Waals surface area contributed by atoms with Gasteiger partial charge in [-0.2, -0.15) is 0 Å². The Kier molecular flexibility index (Phi) is 8.91. The SMILES string of the molecule is Cc1ccccc1CN1CCC(NC(=O)CCCNC(=O)OCc2ccccc2)CC1. The molecule has 1 aliphatic heterocycles. The van der Waals surface area contributed by atoms with Crippen LogP contribution in [0.3, 0.4) is 0 Å². The van der Waals surface area contributed by atoms with Crippen molar-refractivity contribution in [3.63, 3.8) is 0 Å². The van der Waals surface area contributed by atoms with E-state index in [9.17, 15) is 9.59 Å². The maximum Gasteiger partial charge on any atom is 0.407 e. The highest BCUT2D eigenvalue weighted by atomic mass is 16.5. The van der Waals surface area contributed by atoms with Gasteiger partial charge in [-0.1, -0.05) is 54.6 Å². The van der Waals surface area contributed by atoms with Gasteiger partial charge in [0.15, 0.2) is 0 Å². The summed E-state index contributed by atoms with van der Waals surface area (Å²) < 4.78 is 5.16. The molecule has 6 heteroatoms. The summed E-state index contributed by atoms with van der Waals surface area (Å²) in [5.74, 6) is 0.0526. The van der Waals surface area contributed by atoms with E-state index in [0.717, 1.165) is 38.0 Å². The summed E-state index contributed by atoms with van der Waals surface area (Å²) in [5.41, 5.74) is 3.65. The van der Waals surface area contributed by atoms with E-state index in [-0.39, 0.29) is 18.6 Å². The Balaban J connectivity index is 1.24. The maximum absolute atomic E-state index is 12.2. The van der Waals surface area contributed by atoms with Crippen LogP contribution in [0.5, 0.6) is 0 Å². The molecule has 2 aromatic rings. The van der Waals surface area contributed by atoms with Crippen molar-refractivity contribution >= 4 is 12.0 Å². The summed E-state index contributed by atoms with van der Waals surface area (Å²) in [5, 5.41) is 5.84. The molecule has 166 valence electrons. The van der Waals surface area contributed by atoms with E-state index in [1.165, 1.54) is 11.1 Å². The molecule has 0 aromatic heterocycles. The fourth-order valence-electron chi connectivity index (χ4n) is 3.78. The Hall–Kier alpha value is -2.86. The summed E-state index contributed by atoms with van der Waals surface area (Å²) in [6.07, 6.45) is 2.50. The molecule has 0 spiro atoms. The fraction of sp³-hybridized carbons (Fsp3) is 0.440. The minimum Gasteiger partial charge on any atom is -0.445 e. The largest absolute Gasteiger partial charge is 0.445 e. The van der Waals surface area contributed by atoms with Gasteiger partial charge in [0.25, 0.3) is 0 Å². The van der Waals surface area contributed by atoms with Crippen molar-refractivity contribution < 1.29 is 14.3 Å². The number of piperidine rings is 1. The Morgan fingerprint density at radius 3 is 2.48 bits per heavy atom. The Morgan fingerprint density at radius 2 is 1.74 bits per heavy atom. The summed E-state index contributed by atoms with van der Waals surface area (Å²) in [6.45, 7) is 5.79. The first-order chi connectivity index (χ1) is 15.1. The monoisotopic (exact) mass is 423 g/mol. The molecule has 1 saturated heterocycles. The van der Waals surface area contributed by atoms with Crippen LogP contribution in [0.25, 0.3) is 0 Å². The predicted molar refractivity (Wildman–Crippen MR) is 121 cm³/mol. The first kappa shape index (κ1) is 22.8. The quantitative estimate of drug-likeness (QED) is 0.602. The molecule has 0 aliphatic carbocycles. The minimum absolute atomic E-state index is 0.0526. The molecule has 2 amide bonds. The molecule has 6 nitrogen and oxygen atoms in total. The average Bonchev–Trinajstić information content (AvgIpc) is 2.79. The van der Waals surface area contributed by atoms with Gasteiger partial charge < -0.3 is 15.4 Å². The van der Waals surface area contributed by atoms with Crippen molar-refractivity contribution in [2.45, 2.75) is 51.8 Å². The number of amides is 2. The van der Waals surface area contributed by atoms with Gasteiger partial charge in [0.2, 0.25) is 5.91 Å². The number of aryl methyl sites for hydroxylation is 1. The van der Waals surface area contributed by atoms with Crippen molar-refractivity contribution in [1.82, 2.24) is 15.5 Å². The number of hydrogen-bond donors (Lipinski definition) is 2.